The highest BCUT2D eigenvalue weighted by Crippen LogP contribution is 2.27. The van der Waals surface area contributed by atoms with Crippen LogP contribution in [-0.2, 0) is 12.3 Å². The van der Waals surface area contributed by atoms with E-state index in [1.54, 1.807) is 30.1 Å². The lowest BCUT2D eigenvalue weighted by molar-refractivity contribution is 0.0954. The number of fused-ring (bicyclic) bond motifs is 1. The zero-order valence-corrected chi connectivity index (χ0v) is 21.4. The Balaban J connectivity index is 1.37. The number of carbonyl (C=O) groups excluding carboxylic acids is 1. The smallest absolute Gasteiger partial charge is 0.251 e. The zero-order chi connectivity index (χ0) is 24.5. The fraction of sp³-hybridized carbons (Fsp3) is 0.296. The number of nitrogens with zero attached hydrogens (tertiary/aromatic N) is 3. The van der Waals surface area contributed by atoms with Crippen molar-refractivity contribution in [1.82, 2.24) is 19.9 Å². The molecule has 0 fully saturated rings. The van der Waals surface area contributed by atoms with Crippen molar-refractivity contribution in [3.8, 4) is 0 Å². The number of nitrogens with one attached hydrogen (secondary N) is 1. The number of hydrogen-bond donors (Lipinski definition) is 1. The Morgan fingerprint density at radius 3 is 2.57 bits per heavy atom. The van der Waals surface area contributed by atoms with Crippen LogP contribution < -0.4 is 5.32 Å². The Bertz CT molecular complexity index is 1240. The van der Waals surface area contributed by atoms with E-state index in [9.17, 15) is 9.18 Å². The molecule has 5 nitrogen and oxygen atoms in total. The maximum Gasteiger partial charge on any atom is 0.251 e. The molecule has 2 aromatic carbocycles. The SMILES string of the molecule is CCCSCCCNC(=O)c1ccc(CSc2nc3ccncc3n2Cc2ccc(F)cc2)cc1. The van der Waals surface area contributed by atoms with Gasteiger partial charge in [-0.3, -0.25) is 9.78 Å². The molecule has 1 N–H and O–H groups in total. The van der Waals surface area contributed by atoms with E-state index in [-0.39, 0.29) is 11.7 Å². The van der Waals surface area contributed by atoms with Gasteiger partial charge in [0.15, 0.2) is 5.16 Å². The molecule has 0 aliphatic rings. The van der Waals surface area contributed by atoms with E-state index in [4.69, 9.17) is 4.98 Å². The summed E-state index contributed by atoms with van der Waals surface area (Å²) in [4.78, 5) is 21.4. The van der Waals surface area contributed by atoms with Gasteiger partial charge in [0.2, 0.25) is 0 Å². The number of rotatable bonds is 12. The maximum atomic E-state index is 13.3. The van der Waals surface area contributed by atoms with Crippen molar-refractivity contribution in [3.05, 3.63) is 89.5 Å². The van der Waals surface area contributed by atoms with Crippen molar-refractivity contribution in [2.45, 2.75) is 37.2 Å². The van der Waals surface area contributed by atoms with Crippen LogP contribution >= 0.6 is 23.5 Å². The van der Waals surface area contributed by atoms with Crippen molar-refractivity contribution in [2.75, 3.05) is 18.1 Å². The van der Waals surface area contributed by atoms with E-state index in [2.05, 4.69) is 21.8 Å². The van der Waals surface area contributed by atoms with Crippen LogP contribution in [0.25, 0.3) is 11.0 Å². The predicted molar refractivity (Wildman–Crippen MR) is 144 cm³/mol. The molecule has 0 unspecified atom stereocenters. The third-order valence-corrected chi connectivity index (χ3v) is 7.77. The molecule has 0 saturated heterocycles. The number of carbonyl (C=O) groups is 1. The minimum atomic E-state index is -0.247. The number of halogens is 1. The number of hydrogen-bond acceptors (Lipinski definition) is 5. The molecule has 1 amide bonds. The highest BCUT2D eigenvalue weighted by molar-refractivity contribution is 7.99. The van der Waals surface area contributed by atoms with Gasteiger partial charge in [0, 0.05) is 24.1 Å². The van der Waals surface area contributed by atoms with Crippen LogP contribution in [-0.4, -0.2) is 38.5 Å². The van der Waals surface area contributed by atoms with Crippen molar-refractivity contribution >= 4 is 40.5 Å². The van der Waals surface area contributed by atoms with Gasteiger partial charge in [0.05, 0.1) is 23.8 Å². The van der Waals surface area contributed by atoms with E-state index in [0.717, 1.165) is 45.2 Å². The van der Waals surface area contributed by atoms with Gasteiger partial charge < -0.3 is 9.88 Å². The molecule has 4 aromatic rings. The first kappa shape index (κ1) is 25.3. The molecule has 2 aromatic heterocycles. The molecule has 182 valence electrons. The number of amides is 1. The van der Waals surface area contributed by atoms with Gasteiger partial charge in [-0.25, -0.2) is 9.37 Å². The average Bonchev–Trinajstić information content (AvgIpc) is 3.23. The molecular formula is C27H29FN4OS2. The summed E-state index contributed by atoms with van der Waals surface area (Å²) in [5.41, 5.74) is 4.61. The Labute approximate surface area is 213 Å². The van der Waals surface area contributed by atoms with E-state index < -0.39 is 0 Å². The van der Waals surface area contributed by atoms with Crippen LogP contribution in [0.3, 0.4) is 0 Å². The van der Waals surface area contributed by atoms with Gasteiger partial charge in [0.1, 0.15) is 5.82 Å². The topological polar surface area (TPSA) is 59.8 Å². The summed E-state index contributed by atoms with van der Waals surface area (Å²) in [6.07, 6.45) is 5.72. The fourth-order valence-electron chi connectivity index (χ4n) is 3.61. The van der Waals surface area contributed by atoms with Gasteiger partial charge in [-0.15, -0.1) is 0 Å². The Morgan fingerprint density at radius 2 is 1.80 bits per heavy atom. The number of aromatic nitrogens is 3. The third-order valence-electron chi connectivity index (χ3n) is 5.45. The standard InChI is InChI=1S/C27H29FN4OS2/c1-2-15-34-16-3-13-30-26(33)22-8-4-21(5-9-22)19-35-27-31-24-12-14-29-17-25(24)32(27)18-20-6-10-23(28)11-7-20/h4-12,14,17H,2-3,13,15-16,18-19H2,1H3,(H,30,33). The average molecular weight is 509 g/mol. The summed E-state index contributed by atoms with van der Waals surface area (Å²) in [6, 6.07) is 16.2. The third kappa shape index (κ3) is 7.08. The number of benzene rings is 2. The van der Waals surface area contributed by atoms with Crippen molar-refractivity contribution in [2.24, 2.45) is 0 Å². The number of imidazole rings is 1. The first-order valence-corrected chi connectivity index (χ1v) is 13.9. The van der Waals surface area contributed by atoms with Gasteiger partial charge in [0.25, 0.3) is 5.91 Å². The first-order valence-electron chi connectivity index (χ1n) is 11.8. The number of pyridine rings is 1. The monoisotopic (exact) mass is 508 g/mol. The summed E-state index contributed by atoms with van der Waals surface area (Å²) in [5, 5.41) is 3.88. The quantitative estimate of drug-likeness (QED) is 0.183. The molecule has 0 saturated carbocycles. The Hall–Kier alpha value is -2.84. The lowest BCUT2D eigenvalue weighted by atomic mass is 10.1. The molecule has 2 heterocycles. The van der Waals surface area contributed by atoms with Gasteiger partial charge in [-0.1, -0.05) is 43.0 Å². The van der Waals surface area contributed by atoms with Gasteiger partial charge in [-0.05, 0) is 65.8 Å². The molecule has 4 rings (SSSR count). The second-order valence-electron chi connectivity index (χ2n) is 8.18. The van der Waals surface area contributed by atoms with Gasteiger partial charge in [-0.2, -0.15) is 11.8 Å². The largest absolute Gasteiger partial charge is 0.352 e. The molecule has 0 atom stereocenters. The van der Waals surface area contributed by atoms with Crippen LogP contribution in [0.4, 0.5) is 4.39 Å². The van der Waals surface area contributed by atoms with E-state index >= 15 is 0 Å². The van der Waals surface area contributed by atoms with Crippen LogP contribution in [0.15, 0.2) is 72.1 Å². The summed E-state index contributed by atoms with van der Waals surface area (Å²) in [6.45, 7) is 3.46. The molecular weight excluding hydrogens is 479 g/mol. The van der Waals surface area contributed by atoms with Crippen LogP contribution in [0.2, 0.25) is 0 Å². The van der Waals surface area contributed by atoms with E-state index in [1.807, 2.05) is 48.3 Å². The normalized spacial score (nSPS) is 11.1. The minimum Gasteiger partial charge on any atom is -0.352 e. The molecule has 8 heteroatoms. The van der Waals surface area contributed by atoms with Crippen molar-refractivity contribution in [1.29, 1.82) is 0 Å². The summed E-state index contributed by atoms with van der Waals surface area (Å²) in [5.74, 6) is 2.69. The summed E-state index contributed by atoms with van der Waals surface area (Å²) < 4.78 is 15.5. The van der Waals surface area contributed by atoms with E-state index in [1.165, 1.54) is 24.3 Å². The summed E-state index contributed by atoms with van der Waals surface area (Å²) >= 11 is 3.56. The molecule has 0 aliphatic carbocycles. The van der Waals surface area contributed by atoms with Gasteiger partial charge >= 0.3 is 0 Å². The van der Waals surface area contributed by atoms with Crippen LogP contribution in [0, 0.1) is 5.82 Å². The highest BCUT2D eigenvalue weighted by atomic mass is 32.2. The maximum absolute atomic E-state index is 13.3. The fourth-order valence-corrected chi connectivity index (χ4v) is 5.42. The molecule has 0 bridgehead atoms. The molecule has 0 spiro atoms. The Kier molecular flexibility index (Phi) is 9.20. The van der Waals surface area contributed by atoms with Crippen molar-refractivity contribution in [3.63, 3.8) is 0 Å². The van der Waals surface area contributed by atoms with E-state index in [0.29, 0.717) is 18.7 Å². The predicted octanol–water partition coefficient (Wildman–Crippen LogP) is 6.17. The zero-order valence-electron chi connectivity index (χ0n) is 19.7. The second-order valence-corrected chi connectivity index (χ2v) is 10.3. The molecule has 35 heavy (non-hydrogen) atoms. The first-order chi connectivity index (χ1) is 17.1. The number of thioether (sulfide) groups is 2. The second kappa shape index (κ2) is 12.7. The summed E-state index contributed by atoms with van der Waals surface area (Å²) in [7, 11) is 0. The lowest BCUT2D eigenvalue weighted by Crippen LogP contribution is -2.24. The molecule has 0 radical (unpaired) electrons. The van der Waals surface area contributed by atoms with Crippen molar-refractivity contribution < 1.29 is 9.18 Å². The van der Waals surface area contributed by atoms with Crippen LogP contribution in [0.5, 0.6) is 0 Å². The minimum absolute atomic E-state index is 0.0294. The van der Waals surface area contributed by atoms with Crippen LogP contribution in [0.1, 0.15) is 41.3 Å². The highest BCUT2D eigenvalue weighted by Gasteiger charge is 2.13. The Morgan fingerprint density at radius 1 is 1.03 bits per heavy atom. The lowest BCUT2D eigenvalue weighted by Gasteiger charge is -2.10. The molecule has 0 aliphatic heterocycles.